The van der Waals surface area contributed by atoms with Crippen molar-refractivity contribution in [1.29, 1.82) is 0 Å². The molecule has 13 heavy (non-hydrogen) atoms. The first-order valence-electron chi connectivity index (χ1n) is 3.50. The molecule has 0 unspecified atom stereocenters. The van der Waals surface area contributed by atoms with Gasteiger partial charge in [-0.25, -0.2) is 0 Å². The number of nitrogens with one attached hydrogen (secondary N) is 1. The Morgan fingerprint density at radius 3 is 2.08 bits per heavy atom. The molecule has 0 amide bonds. The van der Waals surface area contributed by atoms with Crippen LogP contribution in [-0.4, -0.2) is 41.5 Å². The van der Waals surface area contributed by atoms with Crippen molar-refractivity contribution in [3.8, 4) is 0 Å². The fourth-order valence-electron chi connectivity index (χ4n) is 0.738. The van der Waals surface area contributed by atoms with Crippen LogP contribution in [0.15, 0.2) is 0 Å². The lowest BCUT2D eigenvalue weighted by Gasteiger charge is -2.15. The van der Waals surface area contributed by atoms with Crippen molar-refractivity contribution in [3.05, 3.63) is 0 Å². The fraction of sp³-hybridized carbons (Fsp3) is 0.667. The molecule has 3 N–H and O–H groups in total. The lowest BCUT2D eigenvalue weighted by atomic mass is 10.2. The van der Waals surface area contributed by atoms with Gasteiger partial charge >= 0.3 is 11.9 Å². The summed E-state index contributed by atoms with van der Waals surface area (Å²) in [6.07, 6.45) is -0.582. The molecule has 0 heterocycles. The average molecular weight is 209 g/mol. The van der Waals surface area contributed by atoms with Gasteiger partial charge in [-0.3, -0.25) is 14.7 Å². The number of carbonyl (C=O) groups is 2. The Morgan fingerprint density at radius 2 is 1.85 bits per heavy atom. The maximum atomic E-state index is 11.1. The largest absolute Gasteiger partial charge is 0.481 e. The van der Waals surface area contributed by atoms with E-state index in [1.807, 2.05) is 0 Å². The summed E-state index contributed by atoms with van der Waals surface area (Å²) in [5.74, 6) is -2.56. The van der Waals surface area contributed by atoms with Crippen LogP contribution in [0.1, 0.15) is 6.42 Å². The van der Waals surface area contributed by atoms with Crippen molar-refractivity contribution in [1.82, 2.24) is 5.09 Å². The van der Waals surface area contributed by atoms with Crippen LogP contribution in [0.5, 0.6) is 0 Å². The highest BCUT2D eigenvalue weighted by atomic mass is 31.2. The van der Waals surface area contributed by atoms with Gasteiger partial charge < -0.3 is 14.8 Å². The molecule has 7 heteroatoms. The van der Waals surface area contributed by atoms with Crippen molar-refractivity contribution in [2.45, 2.75) is 12.5 Å². The van der Waals surface area contributed by atoms with Gasteiger partial charge in [0.25, 0.3) is 0 Å². The molecule has 76 valence electrons. The zero-order valence-corrected chi connectivity index (χ0v) is 8.25. The molecule has 0 aliphatic heterocycles. The number of carboxylic acid groups (broad SMARTS) is 2. The summed E-state index contributed by atoms with van der Waals surface area (Å²) in [6, 6.07) is -1.29. The van der Waals surface area contributed by atoms with Gasteiger partial charge in [-0.15, -0.1) is 0 Å². The van der Waals surface area contributed by atoms with Crippen molar-refractivity contribution in [2.75, 3.05) is 13.3 Å². The van der Waals surface area contributed by atoms with E-state index in [1.165, 1.54) is 13.3 Å². The zero-order chi connectivity index (χ0) is 10.6. The van der Waals surface area contributed by atoms with Gasteiger partial charge in [-0.05, 0) is 0 Å². The van der Waals surface area contributed by atoms with Crippen molar-refractivity contribution >= 4 is 19.2 Å². The van der Waals surface area contributed by atoms with Crippen molar-refractivity contribution in [3.63, 3.8) is 0 Å². The van der Waals surface area contributed by atoms with Crippen molar-refractivity contribution in [2.24, 2.45) is 0 Å². The molecule has 6 nitrogen and oxygen atoms in total. The van der Waals surface area contributed by atoms with E-state index in [9.17, 15) is 14.2 Å². The Morgan fingerprint density at radius 1 is 1.38 bits per heavy atom. The fourth-order valence-corrected chi connectivity index (χ4v) is 1.69. The second-order valence-electron chi connectivity index (χ2n) is 2.97. The lowest BCUT2D eigenvalue weighted by Crippen LogP contribution is -2.36. The van der Waals surface area contributed by atoms with E-state index in [-0.39, 0.29) is 0 Å². The Balaban J connectivity index is 4.36. The van der Waals surface area contributed by atoms with Gasteiger partial charge in [0, 0.05) is 13.3 Å². The molecule has 0 fully saturated rings. The molecule has 0 radical (unpaired) electrons. The van der Waals surface area contributed by atoms with Crippen LogP contribution in [0.4, 0.5) is 0 Å². The topological polar surface area (TPSA) is 104 Å². The van der Waals surface area contributed by atoms with E-state index < -0.39 is 31.7 Å². The van der Waals surface area contributed by atoms with Gasteiger partial charge in [0.1, 0.15) is 13.3 Å². The molecule has 0 saturated heterocycles. The molecule has 1 atom stereocenters. The van der Waals surface area contributed by atoms with Crippen LogP contribution in [-0.2, 0) is 14.2 Å². The minimum absolute atomic E-state index is 0.582. The molecule has 0 aliphatic carbocycles. The number of carboxylic acids is 2. The molecular weight excluding hydrogens is 197 g/mol. The summed E-state index contributed by atoms with van der Waals surface area (Å²) in [7, 11) is -2.73. The quantitative estimate of drug-likeness (QED) is 0.552. The Labute approximate surface area is 75.4 Å². The third-order valence-electron chi connectivity index (χ3n) is 1.14. The third-order valence-corrected chi connectivity index (χ3v) is 2.08. The second kappa shape index (κ2) is 4.39. The molecule has 0 aliphatic rings. The van der Waals surface area contributed by atoms with E-state index in [4.69, 9.17) is 10.2 Å². The molecule has 0 aromatic rings. The molecule has 0 saturated carbocycles. The summed E-state index contributed by atoms with van der Waals surface area (Å²) < 4.78 is 11.1. The maximum absolute atomic E-state index is 11.1. The van der Waals surface area contributed by atoms with Gasteiger partial charge in [0.05, 0.1) is 6.42 Å². The second-order valence-corrected chi connectivity index (χ2v) is 5.93. The van der Waals surface area contributed by atoms with Crippen LogP contribution in [0.2, 0.25) is 0 Å². The smallest absolute Gasteiger partial charge is 0.321 e. The van der Waals surface area contributed by atoms with Crippen LogP contribution in [0.3, 0.4) is 0 Å². The minimum Gasteiger partial charge on any atom is -0.481 e. The number of aliphatic carboxylic acids is 2. The standard InChI is InChI=1S/C6H12NO5P/c1-13(2,12)7-4(6(10)11)3-5(8)9/h4H,3H2,1-2H3,(H,7,12)(H,8,9)(H,10,11)/t4-/m0/s1. The number of hydrogen-bond donors (Lipinski definition) is 3. The van der Waals surface area contributed by atoms with E-state index in [0.717, 1.165) is 0 Å². The molecule has 0 spiro atoms. The van der Waals surface area contributed by atoms with Gasteiger partial charge in [-0.1, -0.05) is 0 Å². The predicted molar refractivity (Wildman–Crippen MR) is 46.3 cm³/mol. The molecule has 0 aromatic heterocycles. The van der Waals surface area contributed by atoms with E-state index in [2.05, 4.69) is 5.09 Å². The summed E-state index contributed by atoms with van der Waals surface area (Å²) in [5, 5.41) is 19.1. The predicted octanol–water partition coefficient (Wildman–Crippen LogP) is 0.0416. The van der Waals surface area contributed by atoms with Crippen LogP contribution >= 0.6 is 7.29 Å². The zero-order valence-electron chi connectivity index (χ0n) is 7.35. The SMILES string of the molecule is CP(C)(=O)N[C@@H](CC(=O)O)C(=O)O. The van der Waals surface area contributed by atoms with Gasteiger partial charge in [0.2, 0.25) is 0 Å². The number of rotatable bonds is 5. The first kappa shape index (κ1) is 12.1. The van der Waals surface area contributed by atoms with Gasteiger partial charge in [0.15, 0.2) is 0 Å². The van der Waals surface area contributed by atoms with E-state index in [0.29, 0.717) is 0 Å². The Hall–Kier alpha value is -0.870. The highest BCUT2D eigenvalue weighted by molar-refractivity contribution is 7.60. The van der Waals surface area contributed by atoms with E-state index >= 15 is 0 Å². The number of hydrogen-bond acceptors (Lipinski definition) is 3. The molecular formula is C6H12NO5P. The molecule has 0 aromatic carbocycles. The maximum Gasteiger partial charge on any atom is 0.321 e. The molecule has 0 bridgehead atoms. The summed E-state index contributed by atoms with van der Waals surface area (Å²) in [5.41, 5.74) is 0. The van der Waals surface area contributed by atoms with Crippen molar-refractivity contribution < 1.29 is 24.4 Å². The van der Waals surface area contributed by atoms with Crippen LogP contribution in [0.25, 0.3) is 0 Å². The molecule has 0 rings (SSSR count). The minimum atomic E-state index is -2.73. The van der Waals surface area contributed by atoms with Crippen LogP contribution < -0.4 is 5.09 Å². The van der Waals surface area contributed by atoms with Crippen LogP contribution in [0, 0.1) is 0 Å². The Bertz CT molecular complexity index is 258. The first-order chi connectivity index (χ1) is 5.72. The Kier molecular flexibility index (Phi) is 4.10. The summed E-state index contributed by atoms with van der Waals surface area (Å²) >= 11 is 0. The van der Waals surface area contributed by atoms with Gasteiger partial charge in [-0.2, -0.15) is 0 Å². The highest BCUT2D eigenvalue weighted by Gasteiger charge is 2.24. The summed E-state index contributed by atoms with van der Waals surface area (Å²) in [4.78, 5) is 20.7. The van der Waals surface area contributed by atoms with E-state index in [1.54, 1.807) is 0 Å². The highest BCUT2D eigenvalue weighted by Crippen LogP contribution is 2.31. The summed E-state index contributed by atoms with van der Waals surface area (Å²) in [6.45, 7) is 2.68. The third kappa shape index (κ3) is 6.31. The average Bonchev–Trinajstić information content (AvgIpc) is 1.81. The monoisotopic (exact) mass is 209 g/mol. The lowest BCUT2D eigenvalue weighted by molar-refractivity contribution is -0.145. The first-order valence-corrected chi connectivity index (χ1v) is 6.10. The normalized spacial score (nSPS) is 13.7.